The van der Waals surface area contributed by atoms with Gasteiger partial charge in [0.25, 0.3) is 0 Å². The Balaban J connectivity index is 2.16. The van der Waals surface area contributed by atoms with Crippen molar-refractivity contribution in [3.8, 4) is 0 Å². The monoisotopic (exact) mass is 388 g/mol. The molecule has 3 rings (SSSR count). The lowest BCUT2D eigenvalue weighted by atomic mass is 9.96. The predicted molar refractivity (Wildman–Crippen MR) is 96.4 cm³/mol. The number of nitrogens with one attached hydrogen (secondary N) is 1. The Morgan fingerprint density at radius 3 is 2.71 bits per heavy atom. The van der Waals surface area contributed by atoms with E-state index in [9.17, 15) is 0 Å². The number of hydrogen-bond acceptors (Lipinski definition) is 2. The fourth-order valence-electron chi connectivity index (χ4n) is 2.66. The molecule has 3 aromatic rings. The van der Waals surface area contributed by atoms with Gasteiger partial charge in [0.1, 0.15) is 0 Å². The first-order valence-electron chi connectivity index (χ1n) is 7.12. The van der Waals surface area contributed by atoms with Crippen molar-refractivity contribution < 1.29 is 0 Å². The molecule has 1 heterocycles. The van der Waals surface area contributed by atoms with Crippen molar-refractivity contribution in [2.24, 2.45) is 0 Å². The van der Waals surface area contributed by atoms with Gasteiger partial charge in [-0.25, -0.2) is 0 Å². The average molecular weight is 388 g/mol. The van der Waals surface area contributed by atoms with Crippen LogP contribution < -0.4 is 5.32 Å². The third-order valence-corrected chi connectivity index (χ3v) is 4.24. The summed E-state index contributed by atoms with van der Waals surface area (Å²) in [6.07, 6.45) is 1.86. The summed E-state index contributed by atoms with van der Waals surface area (Å²) >= 11 is 2.36. The second-order valence-electron chi connectivity index (χ2n) is 4.97. The summed E-state index contributed by atoms with van der Waals surface area (Å²) in [5.41, 5.74) is 3.59. The third-order valence-electron chi connectivity index (χ3n) is 3.57. The molecule has 0 saturated heterocycles. The van der Waals surface area contributed by atoms with Crippen LogP contribution in [0.2, 0.25) is 0 Å². The van der Waals surface area contributed by atoms with Gasteiger partial charge < -0.3 is 5.32 Å². The van der Waals surface area contributed by atoms with E-state index in [1.807, 2.05) is 12.3 Å². The van der Waals surface area contributed by atoms with Gasteiger partial charge in [-0.3, -0.25) is 4.98 Å². The van der Waals surface area contributed by atoms with E-state index in [-0.39, 0.29) is 6.04 Å². The van der Waals surface area contributed by atoms with Gasteiger partial charge in [-0.1, -0.05) is 43.3 Å². The highest BCUT2D eigenvalue weighted by Crippen LogP contribution is 2.28. The molecule has 1 N–H and O–H groups in total. The van der Waals surface area contributed by atoms with Crippen LogP contribution in [-0.2, 0) is 0 Å². The summed E-state index contributed by atoms with van der Waals surface area (Å²) in [6.45, 7) is 3.05. The van der Waals surface area contributed by atoms with E-state index in [1.54, 1.807) is 0 Å². The number of nitrogens with zero attached hydrogens (tertiary/aromatic N) is 1. The van der Waals surface area contributed by atoms with E-state index in [1.165, 1.54) is 20.1 Å². The summed E-state index contributed by atoms with van der Waals surface area (Å²) in [5, 5.41) is 4.78. The quantitative estimate of drug-likeness (QED) is 0.664. The molecule has 1 unspecified atom stereocenters. The van der Waals surface area contributed by atoms with Crippen LogP contribution in [0, 0.1) is 3.57 Å². The first kappa shape index (κ1) is 14.5. The Hall–Kier alpha value is -1.46. The molecular formula is C18H17IN2. The van der Waals surface area contributed by atoms with Crippen LogP contribution in [0.15, 0.2) is 60.8 Å². The molecule has 0 fully saturated rings. The average Bonchev–Trinajstić information content (AvgIpc) is 2.52. The van der Waals surface area contributed by atoms with E-state index >= 15 is 0 Å². The lowest BCUT2D eigenvalue weighted by Crippen LogP contribution is -2.22. The van der Waals surface area contributed by atoms with Gasteiger partial charge in [0.2, 0.25) is 0 Å². The SMILES string of the molecule is CCNC(c1cccc(I)c1)c1cccc2cccnc12. The Morgan fingerprint density at radius 2 is 1.90 bits per heavy atom. The molecule has 2 nitrogen and oxygen atoms in total. The molecule has 1 aromatic heterocycles. The van der Waals surface area contributed by atoms with Crippen molar-refractivity contribution >= 4 is 33.5 Å². The fraction of sp³-hybridized carbons (Fsp3) is 0.167. The first-order valence-corrected chi connectivity index (χ1v) is 8.20. The number of fused-ring (bicyclic) bond motifs is 1. The van der Waals surface area contributed by atoms with Gasteiger partial charge in [0.15, 0.2) is 0 Å². The van der Waals surface area contributed by atoms with Gasteiger partial charge in [0, 0.05) is 15.2 Å². The van der Waals surface area contributed by atoms with E-state index in [4.69, 9.17) is 0 Å². The molecule has 106 valence electrons. The van der Waals surface area contributed by atoms with E-state index in [0.29, 0.717) is 0 Å². The minimum absolute atomic E-state index is 0.170. The zero-order valence-corrected chi connectivity index (χ0v) is 14.0. The summed E-state index contributed by atoms with van der Waals surface area (Å²) in [4.78, 5) is 4.59. The third kappa shape index (κ3) is 3.09. The van der Waals surface area contributed by atoms with E-state index in [2.05, 4.69) is 88.3 Å². The number of para-hydroxylation sites is 1. The lowest BCUT2D eigenvalue weighted by Gasteiger charge is -2.20. The largest absolute Gasteiger partial charge is 0.306 e. The molecule has 21 heavy (non-hydrogen) atoms. The topological polar surface area (TPSA) is 24.9 Å². The molecule has 0 aliphatic rings. The zero-order valence-electron chi connectivity index (χ0n) is 11.9. The van der Waals surface area contributed by atoms with Crippen molar-refractivity contribution in [1.29, 1.82) is 0 Å². The molecule has 0 aliphatic carbocycles. The highest BCUT2D eigenvalue weighted by molar-refractivity contribution is 14.1. The Kier molecular flexibility index (Phi) is 4.51. The smallest absolute Gasteiger partial charge is 0.0753 e. The Labute approximate surface area is 138 Å². The number of hydrogen-bond donors (Lipinski definition) is 1. The number of benzene rings is 2. The highest BCUT2D eigenvalue weighted by atomic mass is 127. The fourth-order valence-corrected chi connectivity index (χ4v) is 3.23. The van der Waals surface area contributed by atoms with Crippen molar-refractivity contribution in [3.63, 3.8) is 0 Å². The second kappa shape index (κ2) is 6.54. The second-order valence-corrected chi connectivity index (χ2v) is 6.21. The molecular weight excluding hydrogens is 371 g/mol. The maximum atomic E-state index is 4.59. The number of halogens is 1. The van der Waals surface area contributed by atoms with Crippen LogP contribution >= 0.6 is 22.6 Å². The van der Waals surface area contributed by atoms with Crippen LogP contribution in [0.3, 0.4) is 0 Å². The lowest BCUT2D eigenvalue weighted by molar-refractivity contribution is 0.633. The van der Waals surface area contributed by atoms with Gasteiger partial charge in [-0.15, -0.1) is 0 Å². The van der Waals surface area contributed by atoms with Crippen LogP contribution in [0.4, 0.5) is 0 Å². The number of aromatic nitrogens is 1. The van der Waals surface area contributed by atoms with Crippen molar-refractivity contribution in [2.75, 3.05) is 6.54 Å². The molecule has 0 amide bonds. The normalized spacial score (nSPS) is 12.5. The summed E-state index contributed by atoms with van der Waals surface area (Å²) in [7, 11) is 0. The molecule has 0 radical (unpaired) electrons. The van der Waals surface area contributed by atoms with Gasteiger partial charge in [0.05, 0.1) is 11.6 Å². The van der Waals surface area contributed by atoms with Crippen LogP contribution in [-0.4, -0.2) is 11.5 Å². The summed E-state index contributed by atoms with van der Waals surface area (Å²) in [6, 6.07) is 19.3. The first-order chi connectivity index (χ1) is 10.3. The van der Waals surface area contributed by atoms with Gasteiger partial charge in [-0.2, -0.15) is 0 Å². The molecule has 1 atom stereocenters. The predicted octanol–water partition coefficient (Wildman–Crippen LogP) is 4.54. The maximum absolute atomic E-state index is 4.59. The van der Waals surface area contributed by atoms with Gasteiger partial charge in [-0.05, 0) is 58.5 Å². The number of rotatable bonds is 4. The highest BCUT2D eigenvalue weighted by Gasteiger charge is 2.16. The summed E-state index contributed by atoms with van der Waals surface area (Å²) < 4.78 is 1.25. The molecule has 3 heteroatoms. The molecule has 0 saturated carbocycles. The van der Waals surface area contributed by atoms with Gasteiger partial charge >= 0.3 is 0 Å². The molecule has 0 spiro atoms. The molecule has 2 aromatic carbocycles. The molecule has 0 aliphatic heterocycles. The maximum Gasteiger partial charge on any atom is 0.0753 e. The van der Waals surface area contributed by atoms with Crippen molar-refractivity contribution in [1.82, 2.24) is 10.3 Å². The van der Waals surface area contributed by atoms with Crippen molar-refractivity contribution in [3.05, 3.63) is 75.5 Å². The van der Waals surface area contributed by atoms with Crippen LogP contribution in [0.1, 0.15) is 24.1 Å². The number of pyridine rings is 1. The van der Waals surface area contributed by atoms with E-state index < -0.39 is 0 Å². The minimum atomic E-state index is 0.170. The Morgan fingerprint density at radius 1 is 1.10 bits per heavy atom. The van der Waals surface area contributed by atoms with Crippen LogP contribution in [0.5, 0.6) is 0 Å². The Bertz CT molecular complexity index is 750. The van der Waals surface area contributed by atoms with E-state index in [0.717, 1.165) is 12.1 Å². The van der Waals surface area contributed by atoms with Crippen LogP contribution in [0.25, 0.3) is 10.9 Å². The summed E-state index contributed by atoms with van der Waals surface area (Å²) in [5.74, 6) is 0. The van der Waals surface area contributed by atoms with Crippen molar-refractivity contribution in [2.45, 2.75) is 13.0 Å². The standard InChI is InChI=1S/C18H17IN2/c1-2-20-18(14-7-3-9-15(19)12-14)16-10-4-6-13-8-5-11-21-17(13)16/h3-12,18,20H,2H2,1H3. The zero-order chi connectivity index (χ0) is 14.7. The minimum Gasteiger partial charge on any atom is -0.306 e. The molecule has 0 bridgehead atoms.